The first-order chi connectivity index (χ1) is 12.2. The summed E-state index contributed by atoms with van der Waals surface area (Å²) in [7, 11) is 0. The molecular formula is C19H14Cl2N4. The van der Waals surface area contributed by atoms with Gasteiger partial charge in [-0.1, -0.05) is 47.5 Å². The van der Waals surface area contributed by atoms with Crippen molar-refractivity contribution in [3.63, 3.8) is 0 Å². The van der Waals surface area contributed by atoms with Crippen LogP contribution >= 0.6 is 23.2 Å². The number of aromatic nitrogens is 3. The van der Waals surface area contributed by atoms with Crippen LogP contribution in [0.15, 0.2) is 67.0 Å². The van der Waals surface area contributed by atoms with E-state index in [2.05, 4.69) is 15.4 Å². The highest BCUT2D eigenvalue weighted by Crippen LogP contribution is 2.26. The zero-order valence-corrected chi connectivity index (χ0v) is 14.7. The van der Waals surface area contributed by atoms with E-state index in [4.69, 9.17) is 23.2 Å². The molecule has 2 heterocycles. The van der Waals surface area contributed by atoms with Gasteiger partial charge in [-0.05, 0) is 41.5 Å². The highest BCUT2D eigenvalue weighted by Gasteiger charge is 2.10. The average Bonchev–Trinajstić information content (AvgIpc) is 3.05. The molecule has 0 amide bonds. The Bertz CT molecular complexity index is 1030. The second-order valence-corrected chi connectivity index (χ2v) is 6.49. The summed E-state index contributed by atoms with van der Waals surface area (Å²) in [6, 6.07) is 17.3. The van der Waals surface area contributed by atoms with Crippen LogP contribution in [0, 0.1) is 0 Å². The quantitative estimate of drug-likeness (QED) is 0.530. The molecule has 2 aromatic heterocycles. The van der Waals surface area contributed by atoms with E-state index in [1.165, 1.54) is 0 Å². The van der Waals surface area contributed by atoms with Gasteiger partial charge in [-0.25, -0.2) is 4.98 Å². The first kappa shape index (κ1) is 15.9. The zero-order chi connectivity index (χ0) is 17.2. The Morgan fingerprint density at radius 2 is 1.80 bits per heavy atom. The van der Waals surface area contributed by atoms with Gasteiger partial charge in [-0.15, -0.1) is 0 Å². The summed E-state index contributed by atoms with van der Waals surface area (Å²) >= 11 is 12.0. The molecule has 0 aliphatic carbocycles. The van der Waals surface area contributed by atoms with Gasteiger partial charge in [0.25, 0.3) is 0 Å². The van der Waals surface area contributed by atoms with Crippen LogP contribution in [-0.4, -0.2) is 14.6 Å². The van der Waals surface area contributed by atoms with Crippen molar-refractivity contribution in [3.05, 3.63) is 82.6 Å². The summed E-state index contributed by atoms with van der Waals surface area (Å²) in [6.45, 7) is 0.649. The summed E-state index contributed by atoms with van der Waals surface area (Å²) < 4.78 is 1.80. The fourth-order valence-electron chi connectivity index (χ4n) is 2.70. The minimum absolute atomic E-state index is 0.649. The van der Waals surface area contributed by atoms with E-state index in [0.29, 0.717) is 11.6 Å². The second-order valence-electron chi connectivity index (χ2n) is 5.61. The molecule has 124 valence electrons. The van der Waals surface area contributed by atoms with E-state index >= 15 is 0 Å². The summed E-state index contributed by atoms with van der Waals surface area (Å²) in [5, 5.41) is 9.30. The Labute approximate surface area is 155 Å². The van der Waals surface area contributed by atoms with E-state index < -0.39 is 0 Å². The molecule has 0 bridgehead atoms. The Morgan fingerprint density at radius 1 is 0.960 bits per heavy atom. The third-order valence-electron chi connectivity index (χ3n) is 3.92. The lowest BCUT2D eigenvalue weighted by molar-refractivity contribution is 0.925. The van der Waals surface area contributed by atoms with Crippen LogP contribution in [0.5, 0.6) is 0 Å². The van der Waals surface area contributed by atoms with Crippen molar-refractivity contribution in [1.82, 2.24) is 14.6 Å². The molecule has 25 heavy (non-hydrogen) atoms. The Hall–Kier alpha value is -2.56. The average molecular weight is 369 g/mol. The first-order valence-corrected chi connectivity index (χ1v) is 8.53. The molecule has 4 nitrogen and oxygen atoms in total. The summed E-state index contributed by atoms with van der Waals surface area (Å²) in [6.07, 6.45) is 3.59. The predicted octanol–water partition coefficient (Wildman–Crippen LogP) is 5.32. The predicted molar refractivity (Wildman–Crippen MR) is 102 cm³/mol. The molecule has 0 radical (unpaired) electrons. The number of nitrogens with one attached hydrogen (secondary N) is 1. The number of nitrogens with zero attached hydrogens (tertiary/aromatic N) is 3. The van der Waals surface area contributed by atoms with Gasteiger partial charge in [0.05, 0.1) is 6.20 Å². The number of hydrogen-bond donors (Lipinski definition) is 1. The maximum atomic E-state index is 6.04. The number of benzene rings is 2. The number of rotatable bonds is 4. The first-order valence-electron chi connectivity index (χ1n) is 7.78. The van der Waals surface area contributed by atoms with Gasteiger partial charge in [-0.2, -0.15) is 9.61 Å². The molecule has 0 aliphatic rings. The zero-order valence-electron chi connectivity index (χ0n) is 13.2. The van der Waals surface area contributed by atoms with Crippen molar-refractivity contribution < 1.29 is 0 Å². The molecule has 1 N–H and O–H groups in total. The maximum absolute atomic E-state index is 6.04. The van der Waals surface area contributed by atoms with Gasteiger partial charge in [0, 0.05) is 28.4 Å². The van der Waals surface area contributed by atoms with Gasteiger partial charge < -0.3 is 5.32 Å². The van der Waals surface area contributed by atoms with Crippen molar-refractivity contribution in [1.29, 1.82) is 0 Å². The van der Waals surface area contributed by atoms with Gasteiger partial charge in [0.1, 0.15) is 5.82 Å². The van der Waals surface area contributed by atoms with E-state index in [9.17, 15) is 0 Å². The van der Waals surface area contributed by atoms with Crippen molar-refractivity contribution >= 4 is 34.7 Å². The van der Waals surface area contributed by atoms with E-state index in [1.807, 2.05) is 60.8 Å². The van der Waals surface area contributed by atoms with Crippen LogP contribution in [0.25, 0.3) is 16.8 Å². The number of anilines is 1. The molecular weight excluding hydrogens is 355 g/mol. The number of halogens is 2. The highest BCUT2D eigenvalue weighted by atomic mass is 35.5. The molecule has 6 heteroatoms. The molecule has 0 saturated heterocycles. The van der Waals surface area contributed by atoms with Crippen molar-refractivity contribution in [2.24, 2.45) is 0 Å². The van der Waals surface area contributed by atoms with Crippen LogP contribution in [0.3, 0.4) is 0 Å². The van der Waals surface area contributed by atoms with Crippen molar-refractivity contribution in [2.45, 2.75) is 6.54 Å². The maximum Gasteiger partial charge on any atom is 0.165 e. The summed E-state index contributed by atoms with van der Waals surface area (Å²) in [5.41, 5.74) is 3.88. The van der Waals surface area contributed by atoms with Gasteiger partial charge in [0.2, 0.25) is 0 Å². The SMILES string of the molecule is Clc1ccc(-c2cnn3c(NCc4cccc(Cl)c4)ccnc23)cc1. The van der Waals surface area contributed by atoms with E-state index in [1.54, 1.807) is 10.7 Å². The smallest absolute Gasteiger partial charge is 0.165 e. The van der Waals surface area contributed by atoms with E-state index in [-0.39, 0.29) is 0 Å². The molecule has 0 aliphatic heterocycles. The molecule has 4 aromatic rings. The lowest BCUT2D eigenvalue weighted by atomic mass is 10.1. The summed E-state index contributed by atoms with van der Waals surface area (Å²) in [4.78, 5) is 4.48. The van der Waals surface area contributed by atoms with Crippen molar-refractivity contribution in [3.8, 4) is 11.1 Å². The van der Waals surface area contributed by atoms with Gasteiger partial charge in [-0.3, -0.25) is 0 Å². The fourth-order valence-corrected chi connectivity index (χ4v) is 3.04. The summed E-state index contributed by atoms with van der Waals surface area (Å²) in [5.74, 6) is 0.866. The van der Waals surface area contributed by atoms with Crippen LogP contribution < -0.4 is 5.32 Å². The molecule has 0 saturated carbocycles. The van der Waals surface area contributed by atoms with Crippen LogP contribution in [0.4, 0.5) is 5.82 Å². The van der Waals surface area contributed by atoms with Crippen LogP contribution in [-0.2, 0) is 6.54 Å². The van der Waals surface area contributed by atoms with Gasteiger partial charge in [0.15, 0.2) is 5.65 Å². The Morgan fingerprint density at radius 3 is 2.60 bits per heavy atom. The number of fused-ring (bicyclic) bond motifs is 1. The standard InChI is InChI=1S/C19H14Cl2N4/c20-15-6-4-14(5-7-15)17-12-24-25-18(8-9-22-19(17)25)23-11-13-2-1-3-16(21)10-13/h1-10,12,23H,11H2. The van der Waals surface area contributed by atoms with E-state index in [0.717, 1.165) is 33.2 Å². The lowest BCUT2D eigenvalue weighted by Crippen LogP contribution is -2.05. The second kappa shape index (κ2) is 6.75. The Kier molecular flexibility index (Phi) is 4.30. The monoisotopic (exact) mass is 368 g/mol. The molecule has 0 spiro atoms. The lowest BCUT2D eigenvalue weighted by Gasteiger charge is -2.09. The van der Waals surface area contributed by atoms with Gasteiger partial charge >= 0.3 is 0 Å². The molecule has 0 atom stereocenters. The number of hydrogen-bond acceptors (Lipinski definition) is 3. The minimum atomic E-state index is 0.649. The largest absolute Gasteiger partial charge is 0.366 e. The van der Waals surface area contributed by atoms with Crippen molar-refractivity contribution in [2.75, 3.05) is 5.32 Å². The normalized spacial score (nSPS) is 11.0. The van der Waals surface area contributed by atoms with Crippen LogP contribution in [0.2, 0.25) is 10.0 Å². The molecule has 0 fully saturated rings. The highest BCUT2D eigenvalue weighted by molar-refractivity contribution is 6.30. The Balaban J connectivity index is 1.66. The fraction of sp³-hybridized carbons (Fsp3) is 0.0526. The molecule has 4 rings (SSSR count). The minimum Gasteiger partial charge on any atom is -0.366 e. The molecule has 2 aromatic carbocycles. The van der Waals surface area contributed by atoms with Crippen LogP contribution in [0.1, 0.15) is 5.56 Å². The third-order valence-corrected chi connectivity index (χ3v) is 4.41. The molecule has 0 unspecified atom stereocenters. The third kappa shape index (κ3) is 3.31. The topological polar surface area (TPSA) is 42.2 Å².